The van der Waals surface area contributed by atoms with E-state index in [1.807, 2.05) is 0 Å². The Bertz CT molecular complexity index is 366. The molecule has 17 heavy (non-hydrogen) atoms. The van der Waals surface area contributed by atoms with Crippen LogP contribution >= 0.6 is 11.3 Å². The third-order valence-electron chi connectivity index (χ3n) is 3.62. The maximum atomic E-state index is 9.24. The van der Waals surface area contributed by atoms with E-state index in [1.165, 1.54) is 24.1 Å². The van der Waals surface area contributed by atoms with Crippen molar-refractivity contribution in [2.75, 3.05) is 0 Å². The van der Waals surface area contributed by atoms with Gasteiger partial charge in [-0.25, -0.2) is 0 Å². The van der Waals surface area contributed by atoms with Crippen LogP contribution in [0.3, 0.4) is 0 Å². The largest absolute Gasteiger partial charge is 0.305 e. The summed E-state index contributed by atoms with van der Waals surface area (Å²) in [5.74, 6) is 0.194. The maximum Gasteiger partial charge on any atom is 0.0672 e. The van der Waals surface area contributed by atoms with Gasteiger partial charge in [-0.1, -0.05) is 25.3 Å². The summed E-state index contributed by atoms with van der Waals surface area (Å²) >= 11 is 1.79. The van der Waals surface area contributed by atoms with E-state index in [1.54, 1.807) is 11.3 Å². The predicted octanol–water partition coefficient (Wildman–Crippen LogP) is 3.87. The van der Waals surface area contributed by atoms with Gasteiger partial charge in [-0.15, -0.1) is 11.3 Å². The van der Waals surface area contributed by atoms with Crippen molar-refractivity contribution in [2.24, 2.45) is 5.92 Å². The highest BCUT2D eigenvalue weighted by atomic mass is 32.1. The summed E-state index contributed by atoms with van der Waals surface area (Å²) in [5.41, 5.74) is 0. The van der Waals surface area contributed by atoms with E-state index in [9.17, 15) is 5.26 Å². The number of hydrogen-bond acceptors (Lipinski definition) is 3. The van der Waals surface area contributed by atoms with E-state index < -0.39 is 0 Å². The molecular formula is C14H20N2S. The Morgan fingerprint density at radius 2 is 2.24 bits per heavy atom. The summed E-state index contributed by atoms with van der Waals surface area (Å²) in [6.07, 6.45) is 5.96. The van der Waals surface area contributed by atoms with E-state index in [-0.39, 0.29) is 5.92 Å². The molecule has 0 saturated heterocycles. The zero-order valence-corrected chi connectivity index (χ0v) is 11.2. The molecule has 1 aromatic heterocycles. The highest BCUT2D eigenvalue weighted by Gasteiger charge is 2.24. The van der Waals surface area contributed by atoms with Crippen LogP contribution in [0.1, 0.15) is 49.9 Å². The Hall–Kier alpha value is -0.850. The summed E-state index contributed by atoms with van der Waals surface area (Å²) in [4.78, 5) is 1.37. The second-order valence-electron chi connectivity index (χ2n) is 4.88. The molecule has 2 rings (SSSR count). The van der Waals surface area contributed by atoms with Gasteiger partial charge in [0.1, 0.15) is 0 Å². The highest BCUT2D eigenvalue weighted by Crippen LogP contribution is 2.26. The number of thiophene rings is 1. The average Bonchev–Trinajstić information content (AvgIpc) is 2.78. The quantitative estimate of drug-likeness (QED) is 0.824. The van der Waals surface area contributed by atoms with Gasteiger partial charge >= 0.3 is 0 Å². The Labute approximate surface area is 108 Å². The van der Waals surface area contributed by atoms with Crippen LogP contribution in [0.5, 0.6) is 0 Å². The van der Waals surface area contributed by atoms with Gasteiger partial charge < -0.3 is 5.32 Å². The second-order valence-corrected chi connectivity index (χ2v) is 5.86. The summed E-state index contributed by atoms with van der Waals surface area (Å²) in [5, 5.41) is 15.0. The molecule has 1 aromatic rings. The van der Waals surface area contributed by atoms with Crippen LogP contribution in [-0.4, -0.2) is 6.04 Å². The molecule has 92 valence electrons. The first-order valence-electron chi connectivity index (χ1n) is 6.50. The molecule has 0 bridgehead atoms. The van der Waals surface area contributed by atoms with Crippen LogP contribution in [0, 0.1) is 17.2 Å². The van der Waals surface area contributed by atoms with Gasteiger partial charge in [0.05, 0.1) is 12.0 Å². The SMILES string of the molecule is C[C@@H](NC1CCCCCC1C#N)c1cccs1. The monoisotopic (exact) mass is 248 g/mol. The van der Waals surface area contributed by atoms with Crippen molar-refractivity contribution >= 4 is 11.3 Å². The summed E-state index contributed by atoms with van der Waals surface area (Å²) in [6.45, 7) is 2.20. The van der Waals surface area contributed by atoms with E-state index in [0.29, 0.717) is 12.1 Å². The smallest absolute Gasteiger partial charge is 0.0672 e. The molecular weight excluding hydrogens is 228 g/mol. The molecule has 0 radical (unpaired) electrons. The van der Waals surface area contributed by atoms with Crippen LogP contribution in [-0.2, 0) is 0 Å². The van der Waals surface area contributed by atoms with E-state index in [4.69, 9.17) is 0 Å². The van der Waals surface area contributed by atoms with E-state index >= 15 is 0 Å². The van der Waals surface area contributed by atoms with Crippen LogP contribution in [0.15, 0.2) is 17.5 Å². The summed E-state index contributed by atoms with van der Waals surface area (Å²) < 4.78 is 0. The first-order valence-corrected chi connectivity index (χ1v) is 7.38. The maximum absolute atomic E-state index is 9.24. The molecule has 2 nitrogen and oxygen atoms in total. The predicted molar refractivity (Wildman–Crippen MR) is 71.8 cm³/mol. The van der Waals surface area contributed by atoms with Crippen LogP contribution in [0.25, 0.3) is 0 Å². The summed E-state index contributed by atoms with van der Waals surface area (Å²) in [7, 11) is 0. The van der Waals surface area contributed by atoms with Gasteiger partial charge in [-0.2, -0.15) is 5.26 Å². The van der Waals surface area contributed by atoms with Crippen LogP contribution in [0.4, 0.5) is 0 Å². The minimum atomic E-state index is 0.194. The number of hydrogen-bond donors (Lipinski definition) is 1. The standard InChI is InChI=1S/C14H20N2S/c1-11(14-8-5-9-17-14)16-13-7-4-2-3-6-12(13)10-15/h5,8-9,11-13,16H,2-4,6-7H2,1H3/t11-,12?,13?/m1/s1. The third-order valence-corrected chi connectivity index (χ3v) is 4.67. The molecule has 3 atom stereocenters. The average molecular weight is 248 g/mol. The third kappa shape index (κ3) is 3.31. The lowest BCUT2D eigenvalue weighted by atomic mass is 9.95. The molecule has 0 aromatic carbocycles. The second kappa shape index (κ2) is 6.18. The topological polar surface area (TPSA) is 35.8 Å². The fourth-order valence-electron chi connectivity index (χ4n) is 2.60. The van der Waals surface area contributed by atoms with Gasteiger partial charge in [-0.05, 0) is 31.2 Å². The molecule has 1 N–H and O–H groups in total. The first kappa shape index (κ1) is 12.6. The molecule has 3 heteroatoms. The lowest BCUT2D eigenvalue weighted by molar-refractivity contribution is 0.363. The number of nitrogens with zero attached hydrogens (tertiary/aromatic N) is 1. The number of nitrogens with one attached hydrogen (secondary N) is 1. The Balaban J connectivity index is 1.98. The van der Waals surface area contributed by atoms with E-state index in [2.05, 4.69) is 35.8 Å². The minimum absolute atomic E-state index is 0.194. The zero-order valence-electron chi connectivity index (χ0n) is 10.4. The fourth-order valence-corrected chi connectivity index (χ4v) is 3.35. The van der Waals surface area contributed by atoms with Crippen molar-refractivity contribution in [3.63, 3.8) is 0 Å². The molecule has 1 fully saturated rings. The van der Waals surface area contributed by atoms with Crippen molar-refractivity contribution in [1.82, 2.24) is 5.32 Å². The molecule has 1 heterocycles. The van der Waals surface area contributed by atoms with Crippen molar-refractivity contribution in [3.05, 3.63) is 22.4 Å². The lowest BCUT2D eigenvalue weighted by Crippen LogP contribution is -2.36. The zero-order chi connectivity index (χ0) is 12.1. The minimum Gasteiger partial charge on any atom is -0.305 e. The molecule has 1 aliphatic carbocycles. The Morgan fingerprint density at radius 3 is 2.94 bits per heavy atom. The first-order chi connectivity index (χ1) is 8.31. The Kier molecular flexibility index (Phi) is 4.58. The van der Waals surface area contributed by atoms with Gasteiger partial charge in [-0.3, -0.25) is 0 Å². The summed E-state index contributed by atoms with van der Waals surface area (Å²) in [6, 6.07) is 7.49. The van der Waals surface area contributed by atoms with Gasteiger partial charge in [0.25, 0.3) is 0 Å². The highest BCUT2D eigenvalue weighted by molar-refractivity contribution is 7.10. The van der Waals surface area contributed by atoms with Crippen molar-refractivity contribution in [1.29, 1.82) is 5.26 Å². The van der Waals surface area contributed by atoms with Crippen LogP contribution in [0.2, 0.25) is 0 Å². The molecule has 0 aliphatic heterocycles. The normalized spacial score (nSPS) is 27.1. The molecule has 2 unspecified atom stereocenters. The Morgan fingerprint density at radius 1 is 1.41 bits per heavy atom. The van der Waals surface area contributed by atoms with Crippen molar-refractivity contribution in [3.8, 4) is 6.07 Å². The van der Waals surface area contributed by atoms with Gasteiger partial charge in [0.2, 0.25) is 0 Å². The van der Waals surface area contributed by atoms with E-state index in [0.717, 1.165) is 12.8 Å². The fraction of sp³-hybridized carbons (Fsp3) is 0.643. The van der Waals surface area contributed by atoms with Crippen molar-refractivity contribution < 1.29 is 0 Å². The lowest BCUT2D eigenvalue weighted by Gasteiger charge is -2.24. The molecule has 1 saturated carbocycles. The van der Waals surface area contributed by atoms with Crippen molar-refractivity contribution in [2.45, 2.75) is 51.1 Å². The van der Waals surface area contributed by atoms with Gasteiger partial charge in [0, 0.05) is 17.0 Å². The van der Waals surface area contributed by atoms with Crippen LogP contribution < -0.4 is 5.32 Å². The number of rotatable bonds is 3. The number of nitriles is 1. The molecule has 0 amide bonds. The molecule has 1 aliphatic rings. The molecule has 0 spiro atoms. The van der Waals surface area contributed by atoms with Gasteiger partial charge in [0.15, 0.2) is 0 Å².